The molecule has 4 rings (SSSR count). The molecule has 1 aromatic heterocycles. The topological polar surface area (TPSA) is 98.8 Å². The van der Waals surface area contributed by atoms with Crippen molar-refractivity contribution in [3.8, 4) is 17.2 Å². The maximum atomic E-state index is 12.7. The van der Waals surface area contributed by atoms with Crippen LogP contribution in [0.3, 0.4) is 0 Å². The summed E-state index contributed by atoms with van der Waals surface area (Å²) in [4.78, 5) is 29.7. The van der Waals surface area contributed by atoms with Crippen molar-refractivity contribution in [2.75, 3.05) is 14.2 Å². The molecular weight excluding hydrogens is 466 g/mol. The van der Waals surface area contributed by atoms with Crippen LogP contribution in [0.4, 0.5) is 0 Å². The van der Waals surface area contributed by atoms with E-state index in [0.717, 1.165) is 25.7 Å². The summed E-state index contributed by atoms with van der Waals surface area (Å²) in [6, 6.07) is 14.7. The van der Waals surface area contributed by atoms with E-state index >= 15 is 0 Å². The van der Waals surface area contributed by atoms with Crippen LogP contribution >= 0.6 is 11.3 Å². The molecule has 1 fully saturated rings. The Labute approximate surface area is 208 Å². The number of rotatable bonds is 9. The van der Waals surface area contributed by atoms with Gasteiger partial charge in [0.05, 0.1) is 14.2 Å². The number of carbonyl (C=O) groups excluding carboxylic acids is 2. The number of thiazole rings is 1. The number of methoxy groups -OCH3 is 2. The Morgan fingerprint density at radius 2 is 1.60 bits per heavy atom. The number of para-hydroxylation sites is 2. The average molecular weight is 496 g/mol. The normalized spacial score (nSPS) is 17.3. The van der Waals surface area contributed by atoms with Crippen molar-refractivity contribution in [2.24, 2.45) is 0 Å². The summed E-state index contributed by atoms with van der Waals surface area (Å²) in [5.74, 6) is 1.64. The van der Waals surface area contributed by atoms with Crippen molar-refractivity contribution in [1.82, 2.24) is 15.6 Å². The Bertz CT molecular complexity index is 1160. The molecule has 2 aromatic carbocycles. The predicted molar refractivity (Wildman–Crippen MR) is 133 cm³/mol. The lowest BCUT2D eigenvalue weighted by Gasteiger charge is -2.29. The Morgan fingerprint density at radius 3 is 2.29 bits per heavy atom. The first-order valence-electron chi connectivity index (χ1n) is 11.5. The van der Waals surface area contributed by atoms with Gasteiger partial charge in [0, 0.05) is 23.0 Å². The molecule has 9 heteroatoms. The molecule has 0 spiro atoms. The van der Waals surface area contributed by atoms with Gasteiger partial charge in [0.1, 0.15) is 23.1 Å². The van der Waals surface area contributed by atoms with Crippen LogP contribution < -0.4 is 24.8 Å². The second-order valence-electron chi connectivity index (χ2n) is 8.29. The fraction of sp³-hybridized carbons (Fsp3) is 0.346. The molecule has 1 aliphatic carbocycles. The maximum absolute atomic E-state index is 12.7. The van der Waals surface area contributed by atoms with Crippen LogP contribution in [0.25, 0.3) is 0 Å². The number of nitrogens with one attached hydrogen (secondary N) is 2. The molecule has 35 heavy (non-hydrogen) atoms. The zero-order chi connectivity index (χ0) is 24.6. The number of benzene rings is 2. The van der Waals surface area contributed by atoms with E-state index in [1.165, 1.54) is 11.3 Å². The number of hydrogen-bond donors (Lipinski definition) is 2. The first kappa shape index (κ1) is 24.5. The highest BCUT2D eigenvalue weighted by Gasteiger charge is 2.25. The number of ether oxygens (including phenoxy) is 3. The molecule has 0 aliphatic heterocycles. The monoisotopic (exact) mass is 495 g/mol. The Balaban J connectivity index is 1.22. The van der Waals surface area contributed by atoms with Crippen LogP contribution in [-0.2, 0) is 6.61 Å². The standard InChI is InChI=1S/C26H29N3O5S/c1-32-20-7-5-6-17(14-20)25(30)27-18-10-12-19(13-11-18)28-26(31)21-16-35-24(29-21)15-34-23-9-4-3-8-22(23)33-2/h3-9,14,16,18-19H,10-13,15H2,1-2H3,(H,27,30)(H,28,31). The minimum Gasteiger partial charge on any atom is -0.497 e. The van der Waals surface area contributed by atoms with Crippen molar-refractivity contribution in [3.05, 3.63) is 70.2 Å². The van der Waals surface area contributed by atoms with Crippen LogP contribution in [0, 0.1) is 0 Å². The fourth-order valence-electron chi connectivity index (χ4n) is 4.03. The van der Waals surface area contributed by atoms with Gasteiger partial charge in [0.15, 0.2) is 11.5 Å². The summed E-state index contributed by atoms with van der Waals surface area (Å²) in [7, 11) is 3.17. The molecule has 2 amide bonds. The Hall–Kier alpha value is -3.59. The third-order valence-electron chi connectivity index (χ3n) is 5.93. The second kappa shape index (κ2) is 11.7. The molecule has 8 nitrogen and oxygen atoms in total. The number of carbonyl (C=O) groups is 2. The zero-order valence-electron chi connectivity index (χ0n) is 19.8. The number of aromatic nitrogens is 1. The Kier molecular flexibility index (Phi) is 8.20. The number of hydrogen-bond acceptors (Lipinski definition) is 7. The molecule has 2 N–H and O–H groups in total. The second-order valence-corrected chi connectivity index (χ2v) is 9.24. The van der Waals surface area contributed by atoms with Gasteiger partial charge in [0.2, 0.25) is 0 Å². The van der Waals surface area contributed by atoms with Crippen molar-refractivity contribution in [2.45, 2.75) is 44.4 Å². The maximum Gasteiger partial charge on any atom is 0.270 e. The molecule has 0 bridgehead atoms. The summed E-state index contributed by atoms with van der Waals surface area (Å²) in [5.41, 5.74) is 0.968. The minimum absolute atomic E-state index is 0.0578. The number of amides is 2. The minimum atomic E-state index is -0.186. The van der Waals surface area contributed by atoms with Crippen molar-refractivity contribution in [3.63, 3.8) is 0 Å². The molecule has 0 unspecified atom stereocenters. The van der Waals surface area contributed by atoms with Gasteiger partial charge >= 0.3 is 0 Å². The van der Waals surface area contributed by atoms with Gasteiger partial charge < -0.3 is 24.8 Å². The highest BCUT2D eigenvalue weighted by molar-refractivity contribution is 7.09. The van der Waals surface area contributed by atoms with E-state index in [4.69, 9.17) is 14.2 Å². The van der Waals surface area contributed by atoms with Gasteiger partial charge in [-0.2, -0.15) is 0 Å². The SMILES string of the molecule is COc1cccc(C(=O)NC2CCC(NC(=O)c3csc(COc4ccccc4OC)n3)CC2)c1. The summed E-state index contributed by atoms with van der Waals surface area (Å²) < 4.78 is 16.3. The lowest BCUT2D eigenvalue weighted by molar-refractivity contribution is 0.0889. The van der Waals surface area contributed by atoms with Gasteiger partial charge in [-0.15, -0.1) is 11.3 Å². The summed E-state index contributed by atoms with van der Waals surface area (Å²) >= 11 is 1.39. The van der Waals surface area contributed by atoms with Crippen LogP contribution in [0.2, 0.25) is 0 Å². The van der Waals surface area contributed by atoms with E-state index in [0.29, 0.717) is 33.5 Å². The summed E-state index contributed by atoms with van der Waals surface area (Å²) in [5, 5.41) is 8.63. The van der Waals surface area contributed by atoms with Gasteiger partial charge in [-0.05, 0) is 56.0 Å². The van der Waals surface area contributed by atoms with Gasteiger partial charge in [-0.1, -0.05) is 18.2 Å². The largest absolute Gasteiger partial charge is 0.497 e. The molecule has 0 atom stereocenters. The smallest absolute Gasteiger partial charge is 0.270 e. The molecule has 3 aromatic rings. The van der Waals surface area contributed by atoms with E-state index in [-0.39, 0.29) is 30.5 Å². The van der Waals surface area contributed by atoms with Crippen molar-refractivity contribution >= 4 is 23.2 Å². The summed E-state index contributed by atoms with van der Waals surface area (Å²) in [6.07, 6.45) is 3.19. The highest BCUT2D eigenvalue weighted by Crippen LogP contribution is 2.27. The third kappa shape index (κ3) is 6.51. The molecule has 1 aliphatic rings. The average Bonchev–Trinajstić information content (AvgIpc) is 3.38. The fourth-order valence-corrected chi connectivity index (χ4v) is 4.72. The van der Waals surface area contributed by atoms with E-state index in [1.807, 2.05) is 30.3 Å². The first-order chi connectivity index (χ1) is 17.1. The molecular formula is C26H29N3O5S. The lowest BCUT2D eigenvalue weighted by atomic mass is 9.91. The van der Waals surface area contributed by atoms with Crippen molar-refractivity contribution < 1.29 is 23.8 Å². The molecule has 184 valence electrons. The van der Waals surface area contributed by atoms with Crippen LogP contribution in [0.5, 0.6) is 17.2 Å². The molecule has 0 radical (unpaired) electrons. The number of nitrogens with zero attached hydrogens (tertiary/aromatic N) is 1. The molecule has 1 heterocycles. The van der Waals surface area contributed by atoms with Gasteiger partial charge in [-0.25, -0.2) is 4.98 Å². The molecule has 0 saturated heterocycles. The first-order valence-corrected chi connectivity index (χ1v) is 12.4. The van der Waals surface area contributed by atoms with Crippen LogP contribution in [0.1, 0.15) is 51.5 Å². The van der Waals surface area contributed by atoms with Crippen LogP contribution in [-0.4, -0.2) is 43.1 Å². The van der Waals surface area contributed by atoms with Crippen molar-refractivity contribution in [1.29, 1.82) is 0 Å². The van der Waals surface area contributed by atoms with Crippen LogP contribution in [0.15, 0.2) is 53.9 Å². The predicted octanol–water partition coefficient (Wildman–Crippen LogP) is 4.21. The van der Waals surface area contributed by atoms with E-state index in [2.05, 4.69) is 15.6 Å². The van der Waals surface area contributed by atoms with E-state index in [1.54, 1.807) is 37.8 Å². The highest BCUT2D eigenvalue weighted by atomic mass is 32.1. The zero-order valence-corrected chi connectivity index (χ0v) is 20.6. The quantitative estimate of drug-likeness (QED) is 0.461. The van der Waals surface area contributed by atoms with Gasteiger partial charge in [0.25, 0.3) is 11.8 Å². The third-order valence-corrected chi connectivity index (χ3v) is 6.76. The molecule has 1 saturated carbocycles. The Morgan fingerprint density at radius 1 is 0.914 bits per heavy atom. The van der Waals surface area contributed by atoms with E-state index < -0.39 is 0 Å². The van der Waals surface area contributed by atoms with E-state index in [9.17, 15) is 9.59 Å². The van der Waals surface area contributed by atoms with Gasteiger partial charge in [-0.3, -0.25) is 9.59 Å². The lowest BCUT2D eigenvalue weighted by Crippen LogP contribution is -2.43. The summed E-state index contributed by atoms with van der Waals surface area (Å²) in [6.45, 7) is 0.260.